The third-order valence-electron chi connectivity index (χ3n) is 7.11. The van der Waals surface area contributed by atoms with E-state index in [9.17, 15) is 18.0 Å². The first-order chi connectivity index (χ1) is 21.9. The minimum Gasteiger partial charge on any atom is -0.494 e. The molecular formula is C36H40ClN3O5S. The van der Waals surface area contributed by atoms with Gasteiger partial charge in [-0.2, -0.15) is 0 Å². The molecule has 0 spiro atoms. The normalized spacial score (nSPS) is 12.2. The van der Waals surface area contributed by atoms with E-state index in [1.165, 1.54) is 17.0 Å². The molecule has 242 valence electrons. The number of nitrogens with zero attached hydrogens (tertiary/aromatic N) is 2. The zero-order valence-electron chi connectivity index (χ0n) is 26.5. The lowest BCUT2D eigenvalue weighted by molar-refractivity contribution is -0.140. The first-order valence-electron chi connectivity index (χ1n) is 15.1. The van der Waals surface area contributed by atoms with Gasteiger partial charge in [-0.3, -0.25) is 13.9 Å². The number of rotatable bonds is 13. The molecule has 0 saturated carbocycles. The van der Waals surface area contributed by atoms with Crippen molar-refractivity contribution in [1.29, 1.82) is 0 Å². The van der Waals surface area contributed by atoms with Crippen molar-refractivity contribution in [2.75, 3.05) is 17.5 Å². The minimum absolute atomic E-state index is 0.0178. The zero-order chi connectivity index (χ0) is 33.3. The Morgan fingerprint density at radius 3 is 2.02 bits per heavy atom. The zero-order valence-corrected chi connectivity index (χ0v) is 28.1. The van der Waals surface area contributed by atoms with E-state index in [0.717, 1.165) is 9.87 Å². The summed E-state index contributed by atoms with van der Waals surface area (Å²) < 4.78 is 34.9. The van der Waals surface area contributed by atoms with Crippen molar-refractivity contribution in [3.63, 3.8) is 0 Å². The van der Waals surface area contributed by atoms with Crippen molar-refractivity contribution in [1.82, 2.24) is 10.2 Å². The third-order valence-corrected chi connectivity index (χ3v) is 9.27. The highest BCUT2D eigenvalue weighted by Crippen LogP contribution is 2.28. The smallest absolute Gasteiger partial charge is 0.264 e. The van der Waals surface area contributed by atoms with Gasteiger partial charge in [0.25, 0.3) is 10.0 Å². The Morgan fingerprint density at radius 2 is 1.43 bits per heavy atom. The first kappa shape index (κ1) is 34.5. The fourth-order valence-corrected chi connectivity index (χ4v) is 6.57. The number of amides is 2. The van der Waals surface area contributed by atoms with Gasteiger partial charge in [-0.05, 0) is 81.3 Å². The Labute approximate surface area is 277 Å². The van der Waals surface area contributed by atoms with E-state index in [-0.39, 0.29) is 29.5 Å². The molecule has 0 fully saturated rings. The van der Waals surface area contributed by atoms with Crippen LogP contribution >= 0.6 is 11.6 Å². The number of carbonyl (C=O) groups is 2. The number of halogens is 1. The fraction of sp³-hybridized carbons (Fsp3) is 0.278. The lowest BCUT2D eigenvalue weighted by Crippen LogP contribution is -2.56. The Kier molecular flexibility index (Phi) is 11.5. The highest BCUT2D eigenvalue weighted by atomic mass is 35.5. The summed E-state index contributed by atoms with van der Waals surface area (Å²) in [5, 5.41) is 3.45. The van der Waals surface area contributed by atoms with E-state index < -0.39 is 34.1 Å². The maximum absolute atomic E-state index is 14.6. The SMILES string of the molecule is CCOc1ccc(N(CC(=O)N(Cc2ccccc2Cl)[C@@H](Cc2ccccc2)C(=O)NC(C)(C)C)S(=O)(=O)c2ccccc2)cc1. The van der Waals surface area contributed by atoms with Gasteiger partial charge in [0.2, 0.25) is 11.8 Å². The van der Waals surface area contributed by atoms with Crippen molar-refractivity contribution in [3.8, 4) is 5.75 Å². The molecule has 0 radical (unpaired) electrons. The molecular weight excluding hydrogens is 622 g/mol. The van der Waals surface area contributed by atoms with Crippen LogP contribution in [0.25, 0.3) is 0 Å². The summed E-state index contributed by atoms with van der Waals surface area (Å²) >= 11 is 6.56. The molecule has 2 amide bonds. The highest BCUT2D eigenvalue weighted by Gasteiger charge is 2.35. The number of benzene rings is 4. The third kappa shape index (κ3) is 9.11. The quantitative estimate of drug-likeness (QED) is 0.177. The van der Waals surface area contributed by atoms with Crippen LogP contribution in [0.5, 0.6) is 5.75 Å². The average molecular weight is 662 g/mol. The summed E-state index contributed by atoms with van der Waals surface area (Å²) in [6, 6.07) is 30.0. The molecule has 4 rings (SSSR count). The average Bonchev–Trinajstić information content (AvgIpc) is 3.03. The molecule has 1 N–H and O–H groups in total. The number of sulfonamides is 1. The van der Waals surface area contributed by atoms with Gasteiger partial charge in [-0.15, -0.1) is 0 Å². The molecule has 0 saturated heterocycles. The predicted molar refractivity (Wildman–Crippen MR) is 182 cm³/mol. The second-order valence-electron chi connectivity index (χ2n) is 11.8. The van der Waals surface area contributed by atoms with Gasteiger partial charge in [0.15, 0.2) is 0 Å². The van der Waals surface area contributed by atoms with Crippen molar-refractivity contribution < 1.29 is 22.7 Å². The van der Waals surface area contributed by atoms with Gasteiger partial charge in [0, 0.05) is 23.5 Å². The monoisotopic (exact) mass is 661 g/mol. The lowest BCUT2D eigenvalue weighted by Gasteiger charge is -2.35. The fourth-order valence-electron chi connectivity index (χ4n) is 4.94. The molecule has 1 atom stereocenters. The van der Waals surface area contributed by atoms with Crippen LogP contribution in [-0.4, -0.2) is 49.9 Å². The molecule has 0 unspecified atom stereocenters. The van der Waals surface area contributed by atoms with Crippen LogP contribution in [0.3, 0.4) is 0 Å². The summed E-state index contributed by atoms with van der Waals surface area (Å²) in [6.07, 6.45) is 0.202. The molecule has 0 heterocycles. The van der Waals surface area contributed by atoms with Crippen molar-refractivity contribution in [2.45, 2.75) is 57.1 Å². The minimum atomic E-state index is -4.20. The summed E-state index contributed by atoms with van der Waals surface area (Å²) in [7, 11) is -4.20. The topological polar surface area (TPSA) is 96.0 Å². The Hall–Kier alpha value is -4.34. The molecule has 4 aromatic carbocycles. The predicted octanol–water partition coefficient (Wildman–Crippen LogP) is 6.49. The molecule has 4 aromatic rings. The number of hydrogen-bond acceptors (Lipinski definition) is 5. The molecule has 0 aliphatic heterocycles. The first-order valence-corrected chi connectivity index (χ1v) is 16.9. The van der Waals surface area contributed by atoms with Gasteiger partial charge in [-0.1, -0.05) is 78.3 Å². The largest absolute Gasteiger partial charge is 0.494 e. The summed E-state index contributed by atoms with van der Waals surface area (Å²) in [5.74, 6) is -0.370. The van der Waals surface area contributed by atoms with Crippen molar-refractivity contribution in [2.24, 2.45) is 0 Å². The van der Waals surface area contributed by atoms with Crippen LogP contribution in [0, 0.1) is 0 Å². The van der Waals surface area contributed by atoms with Crippen molar-refractivity contribution >= 4 is 39.1 Å². The van der Waals surface area contributed by atoms with Crippen LogP contribution < -0.4 is 14.4 Å². The van der Waals surface area contributed by atoms with Crippen LogP contribution in [-0.2, 0) is 32.6 Å². The molecule has 46 heavy (non-hydrogen) atoms. The van der Waals surface area contributed by atoms with Crippen LogP contribution in [0.2, 0.25) is 5.02 Å². The van der Waals surface area contributed by atoms with E-state index in [1.807, 2.05) is 58.0 Å². The van der Waals surface area contributed by atoms with Gasteiger partial charge >= 0.3 is 0 Å². The van der Waals surface area contributed by atoms with E-state index in [2.05, 4.69) is 5.32 Å². The molecule has 0 aliphatic carbocycles. The number of ether oxygens (including phenoxy) is 1. The number of anilines is 1. The standard InChI is InChI=1S/C36H40ClN3O5S/c1-5-45-30-22-20-29(21-23-30)40(46(43,44)31-17-10-7-11-18-31)26-34(41)39(25-28-16-12-13-19-32(28)37)33(35(42)38-36(2,3)4)24-27-14-8-6-9-15-27/h6-23,33H,5,24-26H2,1-4H3,(H,38,42)/t33-/m0/s1. The van der Waals surface area contributed by atoms with Gasteiger partial charge in [-0.25, -0.2) is 8.42 Å². The lowest BCUT2D eigenvalue weighted by atomic mass is 10.0. The Balaban J connectivity index is 1.82. The van der Waals surface area contributed by atoms with E-state index in [1.54, 1.807) is 66.7 Å². The summed E-state index contributed by atoms with van der Waals surface area (Å²) in [5.41, 5.74) is 1.15. The van der Waals surface area contributed by atoms with Gasteiger partial charge in [0.05, 0.1) is 17.2 Å². The molecule has 0 aliphatic rings. The molecule has 10 heteroatoms. The van der Waals surface area contributed by atoms with E-state index in [0.29, 0.717) is 22.9 Å². The molecule has 8 nitrogen and oxygen atoms in total. The molecule has 0 aromatic heterocycles. The van der Waals surface area contributed by atoms with Crippen LogP contribution in [0.15, 0.2) is 114 Å². The summed E-state index contributed by atoms with van der Waals surface area (Å²) in [6.45, 7) is 7.31. The summed E-state index contributed by atoms with van der Waals surface area (Å²) in [4.78, 5) is 30.0. The second kappa shape index (κ2) is 15.3. The Bertz CT molecular complexity index is 1710. The van der Waals surface area contributed by atoms with Crippen molar-refractivity contribution in [3.05, 3.63) is 125 Å². The number of carbonyl (C=O) groups excluding carboxylic acids is 2. The maximum atomic E-state index is 14.6. The second-order valence-corrected chi connectivity index (χ2v) is 14.1. The van der Waals surface area contributed by atoms with Gasteiger partial charge < -0.3 is 15.0 Å². The molecule has 0 bridgehead atoms. The van der Waals surface area contributed by atoms with Crippen LogP contribution in [0.1, 0.15) is 38.8 Å². The highest BCUT2D eigenvalue weighted by molar-refractivity contribution is 7.92. The Morgan fingerprint density at radius 1 is 0.848 bits per heavy atom. The number of hydrogen-bond donors (Lipinski definition) is 1. The number of nitrogens with one attached hydrogen (secondary N) is 1. The van der Waals surface area contributed by atoms with Gasteiger partial charge in [0.1, 0.15) is 18.3 Å². The maximum Gasteiger partial charge on any atom is 0.264 e. The van der Waals surface area contributed by atoms with E-state index >= 15 is 0 Å². The van der Waals surface area contributed by atoms with Crippen LogP contribution in [0.4, 0.5) is 5.69 Å². The van der Waals surface area contributed by atoms with E-state index in [4.69, 9.17) is 16.3 Å².